The van der Waals surface area contributed by atoms with Gasteiger partial charge in [-0.1, -0.05) is 47.3 Å². The van der Waals surface area contributed by atoms with Crippen LogP contribution in [0.15, 0.2) is 24.3 Å². The standard InChI is InChI=1S/C17H24BrNO2/c1-2-21-15-9-5-4-8-14(15)16(20)19-13-17(12-18)10-6-3-7-11-17/h4-5,8-9H,2-3,6-7,10-13H2,1H3,(H,19,20). The Balaban J connectivity index is 2.01. The number of alkyl halides is 1. The maximum Gasteiger partial charge on any atom is 0.255 e. The Labute approximate surface area is 135 Å². The summed E-state index contributed by atoms with van der Waals surface area (Å²) in [4.78, 5) is 12.4. The molecule has 1 aromatic rings. The Morgan fingerprint density at radius 2 is 2.00 bits per heavy atom. The van der Waals surface area contributed by atoms with E-state index in [9.17, 15) is 4.79 Å². The number of carbonyl (C=O) groups excluding carboxylic acids is 1. The highest BCUT2D eigenvalue weighted by molar-refractivity contribution is 9.09. The maximum atomic E-state index is 12.4. The van der Waals surface area contributed by atoms with Crippen LogP contribution < -0.4 is 10.1 Å². The van der Waals surface area contributed by atoms with Gasteiger partial charge in [-0.3, -0.25) is 4.79 Å². The van der Waals surface area contributed by atoms with Gasteiger partial charge in [0.15, 0.2) is 0 Å². The van der Waals surface area contributed by atoms with Gasteiger partial charge in [0.05, 0.1) is 12.2 Å². The number of hydrogen-bond acceptors (Lipinski definition) is 2. The molecule has 1 aromatic carbocycles. The second-order valence-electron chi connectivity index (χ2n) is 5.81. The normalized spacial score (nSPS) is 17.2. The van der Waals surface area contributed by atoms with Crippen LogP contribution in [0.2, 0.25) is 0 Å². The highest BCUT2D eigenvalue weighted by atomic mass is 79.9. The van der Waals surface area contributed by atoms with Gasteiger partial charge in [0.2, 0.25) is 0 Å². The zero-order valence-electron chi connectivity index (χ0n) is 12.7. The van der Waals surface area contributed by atoms with E-state index < -0.39 is 0 Å². The van der Waals surface area contributed by atoms with Gasteiger partial charge >= 0.3 is 0 Å². The van der Waals surface area contributed by atoms with E-state index in [-0.39, 0.29) is 11.3 Å². The predicted molar refractivity (Wildman–Crippen MR) is 89.3 cm³/mol. The average Bonchev–Trinajstić information content (AvgIpc) is 2.54. The van der Waals surface area contributed by atoms with Crippen molar-refractivity contribution in [2.45, 2.75) is 39.0 Å². The van der Waals surface area contributed by atoms with E-state index in [2.05, 4.69) is 21.2 Å². The summed E-state index contributed by atoms with van der Waals surface area (Å²) in [6.07, 6.45) is 6.21. The van der Waals surface area contributed by atoms with Crippen molar-refractivity contribution in [1.29, 1.82) is 0 Å². The number of para-hydroxylation sites is 1. The molecule has 0 saturated heterocycles. The quantitative estimate of drug-likeness (QED) is 0.779. The first-order valence-corrected chi connectivity index (χ1v) is 8.89. The molecule has 3 nitrogen and oxygen atoms in total. The molecular weight excluding hydrogens is 330 g/mol. The maximum absolute atomic E-state index is 12.4. The highest BCUT2D eigenvalue weighted by Gasteiger charge is 2.31. The van der Waals surface area contributed by atoms with Gasteiger partial charge in [-0.2, -0.15) is 0 Å². The highest BCUT2D eigenvalue weighted by Crippen LogP contribution is 2.37. The number of ether oxygens (including phenoxy) is 1. The fraction of sp³-hybridized carbons (Fsp3) is 0.588. The summed E-state index contributed by atoms with van der Waals surface area (Å²) in [5.74, 6) is 0.624. The van der Waals surface area contributed by atoms with Crippen LogP contribution in [0.4, 0.5) is 0 Å². The van der Waals surface area contributed by atoms with Crippen molar-refractivity contribution in [3.63, 3.8) is 0 Å². The van der Waals surface area contributed by atoms with E-state index in [0.717, 1.165) is 11.9 Å². The van der Waals surface area contributed by atoms with E-state index in [1.165, 1.54) is 32.1 Å². The number of nitrogens with one attached hydrogen (secondary N) is 1. The molecule has 2 rings (SSSR count). The number of halogens is 1. The van der Waals surface area contributed by atoms with E-state index in [1.807, 2.05) is 31.2 Å². The summed E-state index contributed by atoms with van der Waals surface area (Å²) in [5, 5.41) is 4.06. The molecule has 0 unspecified atom stereocenters. The second kappa shape index (κ2) is 7.83. The lowest BCUT2D eigenvalue weighted by molar-refractivity contribution is 0.0918. The van der Waals surface area contributed by atoms with E-state index in [1.54, 1.807) is 0 Å². The predicted octanol–water partition coefficient (Wildman–Crippen LogP) is 4.16. The van der Waals surface area contributed by atoms with Crippen LogP contribution in [-0.2, 0) is 0 Å². The monoisotopic (exact) mass is 353 g/mol. The van der Waals surface area contributed by atoms with Crippen LogP contribution in [-0.4, -0.2) is 24.4 Å². The Morgan fingerprint density at radius 3 is 2.67 bits per heavy atom. The number of benzene rings is 1. The zero-order valence-corrected chi connectivity index (χ0v) is 14.2. The van der Waals surface area contributed by atoms with Crippen molar-refractivity contribution >= 4 is 21.8 Å². The number of carbonyl (C=O) groups is 1. The van der Waals surface area contributed by atoms with Gasteiger partial charge in [-0.15, -0.1) is 0 Å². The summed E-state index contributed by atoms with van der Waals surface area (Å²) in [7, 11) is 0. The van der Waals surface area contributed by atoms with Gasteiger partial charge in [0.25, 0.3) is 5.91 Å². The lowest BCUT2D eigenvalue weighted by atomic mass is 9.75. The van der Waals surface area contributed by atoms with Crippen LogP contribution in [0.25, 0.3) is 0 Å². The molecule has 1 aliphatic carbocycles. The molecule has 0 aromatic heterocycles. The van der Waals surface area contributed by atoms with Crippen molar-refractivity contribution in [1.82, 2.24) is 5.32 Å². The van der Waals surface area contributed by atoms with Gasteiger partial charge < -0.3 is 10.1 Å². The lowest BCUT2D eigenvalue weighted by Crippen LogP contribution is -2.40. The molecule has 0 bridgehead atoms. The lowest BCUT2D eigenvalue weighted by Gasteiger charge is -2.35. The minimum Gasteiger partial charge on any atom is -0.493 e. The molecule has 21 heavy (non-hydrogen) atoms. The first-order valence-electron chi connectivity index (χ1n) is 7.77. The minimum absolute atomic E-state index is 0.0371. The van der Waals surface area contributed by atoms with Crippen LogP contribution >= 0.6 is 15.9 Å². The van der Waals surface area contributed by atoms with Crippen LogP contribution in [0.5, 0.6) is 5.75 Å². The Morgan fingerprint density at radius 1 is 1.29 bits per heavy atom. The Bertz CT molecular complexity index is 470. The van der Waals surface area contributed by atoms with Crippen LogP contribution in [0.3, 0.4) is 0 Å². The molecule has 0 aliphatic heterocycles. The zero-order chi connectivity index (χ0) is 15.1. The molecule has 1 saturated carbocycles. The van der Waals surface area contributed by atoms with Crippen molar-refractivity contribution < 1.29 is 9.53 Å². The Hall–Kier alpha value is -1.03. The topological polar surface area (TPSA) is 38.3 Å². The molecule has 1 N–H and O–H groups in total. The van der Waals surface area contributed by atoms with Gasteiger partial charge in [0, 0.05) is 11.9 Å². The van der Waals surface area contributed by atoms with Crippen molar-refractivity contribution in [3.8, 4) is 5.75 Å². The van der Waals surface area contributed by atoms with Gasteiger partial charge in [0.1, 0.15) is 5.75 Å². The SMILES string of the molecule is CCOc1ccccc1C(=O)NCC1(CBr)CCCCC1. The first-order chi connectivity index (χ1) is 10.2. The smallest absolute Gasteiger partial charge is 0.255 e. The fourth-order valence-electron chi connectivity index (χ4n) is 2.96. The molecule has 4 heteroatoms. The summed E-state index contributed by atoms with van der Waals surface area (Å²) in [5.41, 5.74) is 0.842. The largest absolute Gasteiger partial charge is 0.493 e. The number of rotatable bonds is 6. The van der Waals surface area contributed by atoms with Crippen LogP contribution in [0.1, 0.15) is 49.4 Å². The third-order valence-corrected chi connectivity index (χ3v) is 5.44. The van der Waals surface area contributed by atoms with Crippen LogP contribution in [0, 0.1) is 5.41 Å². The summed E-state index contributed by atoms with van der Waals surface area (Å²) in [6, 6.07) is 7.43. The summed E-state index contributed by atoms with van der Waals surface area (Å²) >= 11 is 3.64. The minimum atomic E-state index is -0.0371. The molecule has 1 aliphatic rings. The summed E-state index contributed by atoms with van der Waals surface area (Å²) < 4.78 is 5.53. The van der Waals surface area contributed by atoms with Gasteiger partial charge in [-0.25, -0.2) is 0 Å². The molecule has 0 atom stereocenters. The molecular formula is C17H24BrNO2. The Kier molecular flexibility index (Phi) is 6.09. The third-order valence-electron chi connectivity index (χ3n) is 4.25. The first kappa shape index (κ1) is 16.3. The average molecular weight is 354 g/mol. The van der Waals surface area contributed by atoms with Gasteiger partial charge in [-0.05, 0) is 37.3 Å². The molecule has 0 radical (unpaired) electrons. The fourth-order valence-corrected chi connectivity index (χ4v) is 3.72. The molecule has 1 amide bonds. The molecule has 0 spiro atoms. The van der Waals surface area contributed by atoms with E-state index >= 15 is 0 Å². The molecule has 116 valence electrons. The molecule has 0 heterocycles. The van der Waals surface area contributed by atoms with Crippen molar-refractivity contribution in [2.24, 2.45) is 5.41 Å². The van der Waals surface area contributed by atoms with E-state index in [0.29, 0.717) is 17.9 Å². The third kappa shape index (κ3) is 4.22. The number of amides is 1. The molecule has 1 fully saturated rings. The van der Waals surface area contributed by atoms with Crippen molar-refractivity contribution in [2.75, 3.05) is 18.5 Å². The van der Waals surface area contributed by atoms with E-state index in [4.69, 9.17) is 4.74 Å². The second-order valence-corrected chi connectivity index (χ2v) is 6.37. The van der Waals surface area contributed by atoms with Crippen molar-refractivity contribution in [3.05, 3.63) is 29.8 Å². The summed E-state index contributed by atoms with van der Waals surface area (Å²) in [6.45, 7) is 3.23. The number of hydrogen-bond donors (Lipinski definition) is 1.